The van der Waals surface area contributed by atoms with E-state index in [-0.39, 0.29) is 5.91 Å². The van der Waals surface area contributed by atoms with Gasteiger partial charge in [-0.1, -0.05) is 18.2 Å². The zero-order valence-electron chi connectivity index (χ0n) is 15.8. The molecule has 1 aliphatic heterocycles. The lowest BCUT2D eigenvalue weighted by molar-refractivity contribution is 0.102. The van der Waals surface area contributed by atoms with E-state index in [9.17, 15) is 13.2 Å². The molecule has 1 aromatic heterocycles. The normalized spacial score (nSPS) is 13.8. The van der Waals surface area contributed by atoms with Crippen molar-refractivity contribution in [3.63, 3.8) is 0 Å². The summed E-state index contributed by atoms with van der Waals surface area (Å²) in [6.45, 7) is 0.965. The second-order valence-electron chi connectivity index (χ2n) is 6.94. The van der Waals surface area contributed by atoms with Crippen molar-refractivity contribution in [3.05, 3.63) is 65.5 Å². The molecule has 0 bridgehead atoms. The third-order valence-corrected chi connectivity index (χ3v) is 5.95. The Morgan fingerprint density at radius 1 is 1.17 bits per heavy atom. The number of aromatic nitrogens is 4. The highest BCUT2D eigenvalue weighted by Crippen LogP contribution is 2.31. The zero-order chi connectivity index (χ0) is 20.4. The molecule has 1 N–H and O–H groups in total. The maximum atomic E-state index is 12.6. The summed E-state index contributed by atoms with van der Waals surface area (Å²) in [5.41, 5.74) is 3.62. The van der Waals surface area contributed by atoms with Gasteiger partial charge in [0.15, 0.2) is 0 Å². The summed E-state index contributed by atoms with van der Waals surface area (Å²) < 4.78 is 27.1. The molecular formula is C19H20N6O3S. The maximum absolute atomic E-state index is 12.6. The van der Waals surface area contributed by atoms with E-state index in [1.54, 1.807) is 28.9 Å². The average molecular weight is 412 g/mol. The first-order valence-corrected chi connectivity index (χ1v) is 11.0. The van der Waals surface area contributed by atoms with Crippen LogP contribution in [0.15, 0.2) is 48.8 Å². The van der Waals surface area contributed by atoms with Crippen molar-refractivity contribution >= 4 is 27.3 Å². The summed E-state index contributed by atoms with van der Waals surface area (Å²) in [4.78, 5) is 12.6. The molecule has 0 spiro atoms. The summed E-state index contributed by atoms with van der Waals surface area (Å²) in [5.74, 6) is -0.263. The van der Waals surface area contributed by atoms with Gasteiger partial charge >= 0.3 is 0 Å². The highest BCUT2D eigenvalue weighted by atomic mass is 32.2. The van der Waals surface area contributed by atoms with Crippen LogP contribution in [-0.4, -0.2) is 47.3 Å². The molecule has 150 valence electrons. The fourth-order valence-electron chi connectivity index (χ4n) is 3.37. The van der Waals surface area contributed by atoms with Crippen LogP contribution in [0.5, 0.6) is 0 Å². The van der Waals surface area contributed by atoms with Crippen LogP contribution in [0.1, 0.15) is 27.9 Å². The molecule has 9 nitrogen and oxygen atoms in total. The van der Waals surface area contributed by atoms with Crippen molar-refractivity contribution in [1.82, 2.24) is 20.2 Å². The van der Waals surface area contributed by atoms with Gasteiger partial charge in [-0.15, -0.1) is 5.10 Å². The van der Waals surface area contributed by atoms with Crippen molar-refractivity contribution in [3.8, 4) is 0 Å². The van der Waals surface area contributed by atoms with Crippen molar-refractivity contribution < 1.29 is 13.2 Å². The quantitative estimate of drug-likeness (QED) is 0.683. The minimum Gasteiger partial charge on any atom is -0.322 e. The fraction of sp³-hybridized carbons (Fsp3) is 0.263. The number of nitrogens with zero attached hydrogens (tertiary/aromatic N) is 5. The third-order valence-electron chi connectivity index (χ3n) is 4.77. The van der Waals surface area contributed by atoms with E-state index >= 15 is 0 Å². The Morgan fingerprint density at radius 2 is 1.97 bits per heavy atom. The van der Waals surface area contributed by atoms with Crippen LogP contribution in [0.3, 0.4) is 0 Å². The van der Waals surface area contributed by atoms with Crippen LogP contribution < -0.4 is 9.62 Å². The van der Waals surface area contributed by atoms with E-state index in [4.69, 9.17) is 0 Å². The summed E-state index contributed by atoms with van der Waals surface area (Å²) in [6, 6.07) is 12.5. The number of carbonyl (C=O) groups is 1. The number of carbonyl (C=O) groups excluding carboxylic acids is 1. The molecule has 29 heavy (non-hydrogen) atoms. The van der Waals surface area contributed by atoms with E-state index in [0.717, 1.165) is 24.0 Å². The Labute approximate surface area is 168 Å². The molecule has 2 aromatic carbocycles. The lowest BCUT2D eigenvalue weighted by atomic mass is 10.0. The van der Waals surface area contributed by atoms with Gasteiger partial charge in [0.05, 0.1) is 18.5 Å². The van der Waals surface area contributed by atoms with Crippen LogP contribution >= 0.6 is 0 Å². The van der Waals surface area contributed by atoms with Gasteiger partial charge in [0.2, 0.25) is 10.0 Å². The Hall–Kier alpha value is -3.27. The molecule has 0 aliphatic carbocycles. The average Bonchev–Trinajstić information content (AvgIpc) is 3.20. The number of hydrogen-bond acceptors (Lipinski definition) is 6. The Balaban J connectivity index is 1.50. The minimum atomic E-state index is -3.36. The number of rotatable bonds is 5. The van der Waals surface area contributed by atoms with Crippen LogP contribution in [-0.2, 0) is 23.0 Å². The topological polar surface area (TPSA) is 110 Å². The second kappa shape index (κ2) is 7.63. The summed E-state index contributed by atoms with van der Waals surface area (Å²) in [5, 5.41) is 13.8. The van der Waals surface area contributed by atoms with E-state index in [0.29, 0.717) is 30.0 Å². The number of sulfonamides is 1. The first kappa shape index (κ1) is 19.1. The number of aryl methyl sites for hydroxylation is 1. The van der Waals surface area contributed by atoms with E-state index in [2.05, 4.69) is 20.8 Å². The number of benzene rings is 2. The summed E-state index contributed by atoms with van der Waals surface area (Å²) in [7, 11) is -3.36. The van der Waals surface area contributed by atoms with Crippen LogP contribution in [0.2, 0.25) is 0 Å². The number of amides is 1. The molecule has 0 radical (unpaired) electrons. The van der Waals surface area contributed by atoms with Gasteiger partial charge in [0, 0.05) is 17.8 Å². The Bertz CT molecular complexity index is 1130. The minimum absolute atomic E-state index is 0.263. The Kier molecular flexibility index (Phi) is 5.01. The van der Waals surface area contributed by atoms with Gasteiger partial charge in [-0.05, 0) is 58.7 Å². The molecule has 0 fully saturated rings. The smallest absolute Gasteiger partial charge is 0.255 e. The molecular weight excluding hydrogens is 392 g/mol. The highest BCUT2D eigenvalue weighted by molar-refractivity contribution is 7.92. The van der Waals surface area contributed by atoms with Gasteiger partial charge < -0.3 is 5.32 Å². The van der Waals surface area contributed by atoms with Gasteiger partial charge in [-0.3, -0.25) is 9.10 Å². The number of nitrogens with one attached hydrogen (secondary N) is 1. The van der Waals surface area contributed by atoms with Crippen molar-refractivity contribution in [1.29, 1.82) is 0 Å². The van der Waals surface area contributed by atoms with Gasteiger partial charge in [-0.2, -0.15) is 0 Å². The highest BCUT2D eigenvalue weighted by Gasteiger charge is 2.24. The monoisotopic (exact) mass is 412 g/mol. The van der Waals surface area contributed by atoms with Crippen LogP contribution in [0.25, 0.3) is 0 Å². The van der Waals surface area contributed by atoms with Crippen LogP contribution in [0, 0.1) is 0 Å². The molecule has 3 aromatic rings. The molecule has 0 saturated heterocycles. The predicted octanol–water partition coefficient (Wildman–Crippen LogP) is 1.69. The first-order chi connectivity index (χ1) is 13.9. The molecule has 2 heterocycles. The molecule has 0 atom stereocenters. The maximum Gasteiger partial charge on any atom is 0.255 e. The third kappa shape index (κ3) is 4.27. The van der Waals surface area contributed by atoms with Gasteiger partial charge in [0.1, 0.15) is 6.33 Å². The number of anilines is 2. The molecule has 4 rings (SSSR count). The van der Waals surface area contributed by atoms with Crippen molar-refractivity contribution in [2.45, 2.75) is 19.4 Å². The Morgan fingerprint density at radius 3 is 2.66 bits per heavy atom. The SMILES string of the molecule is CS(=O)(=O)N1CCCc2ccc(NC(=O)c3ccc(Cn4cnnn4)cc3)cc21. The number of fused-ring (bicyclic) bond motifs is 1. The molecule has 1 amide bonds. The summed E-state index contributed by atoms with van der Waals surface area (Å²) in [6.07, 6.45) is 4.32. The lowest BCUT2D eigenvalue weighted by Crippen LogP contribution is -2.34. The number of tetrazole rings is 1. The van der Waals surface area contributed by atoms with E-state index in [1.165, 1.54) is 16.9 Å². The first-order valence-electron chi connectivity index (χ1n) is 9.12. The second-order valence-corrected chi connectivity index (χ2v) is 8.85. The van der Waals surface area contributed by atoms with Crippen LogP contribution in [0.4, 0.5) is 11.4 Å². The molecule has 10 heteroatoms. The lowest BCUT2D eigenvalue weighted by Gasteiger charge is -2.29. The summed E-state index contributed by atoms with van der Waals surface area (Å²) >= 11 is 0. The number of hydrogen-bond donors (Lipinski definition) is 1. The zero-order valence-corrected chi connectivity index (χ0v) is 16.6. The fourth-order valence-corrected chi connectivity index (χ4v) is 4.36. The van der Waals surface area contributed by atoms with E-state index < -0.39 is 10.0 Å². The van der Waals surface area contributed by atoms with Crippen molar-refractivity contribution in [2.75, 3.05) is 22.4 Å². The standard InChI is InChI=1S/C19H20N6O3S/c1-29(27,28)25-10-2-3-15-8-9-17(11-18(15)25)21-19(26)16-6-4-14(5-7-16)12-24-13-20-22-23-24/h4-9,11,13H,2-3,10,12H2,1H3,(H,21,26). The molecule has 1 aliphatic rings. The van der Waals surface area contributed by atoms with Gasteiger partial charge in [-0.25, -0.2) is 13.1 Å². The predicted molar refractivity (Wildman–Crippen MR) is 108 cm³/mol. The van der Waals surface area contributed by atoms with E-state index in [1.807, 2.05) is 18.2 Å². The largest absolute Gasteiger partial charge is 0.322 e. The van der Waals surface area contributed by atoms with Gasteiger partial charge in [0.25, 0.3) is 5.91 Å². The van der Waals surface area contributed by atoms with Crippen molar-refractivity contribution in [2.24, 2.45) is 0 Å². The molecule has 0 unspecified atom stereocenters. The molecule has 0 saturated carbocycles.